The standard InChI is InChI=1S/C26H32N2O5/c1-4-26(3,24(30)31)16-27-23(29)14-13-17(2)28-25(32)33-15-22-20-11-7-5-9-18(20)19-10-6-8-12-21(19)22/h5-12,17,22H,4,13-16H2,1-3H3,(H,27,29)(H,28,32)(H,30,31). The van der Waals surface area contributed by atoms with E-state index in [2.05, 4.69) is 34.9 Å². The van der Waals surface area contributed by atoms with E-state index in [4.69, 9.17) is 4.74 Å². The van der Waals surface area contributed by atoms with Gasteiger partial charge in [-0.25, -0.2) is 4.79 Å². The minimum absolute atomic E-state index is 0.00801. The lowest BCUT2D eigenvalue weighted by Crippen LogP contribution is -2.41. The number of alkyl carbamates (subject to hydrolysis) is 1. The lowest BCUT2D eigenvalue weighted by molar-refractivity contribution is -0.148. The molecule has 0 spiro atoms. The van der Waals surface area contributed by atoms with E-state index in [1.807, 2.05) is 31.2 Å². The van der Waals surface area contributed by atoms with Gasteiger partial charge < -0.3 is 20.5 Å². The number of ether oxygens (including phenoxy) is 1. The lowest BCUT2D eigenvalue weighted by atomic mass is 9.87. The SMILES string of the molecule is CCC(C)(CNC(=O)CCC(C)NC(=O)OCC1c2ccccc2-c2ccccc21)C(=O)O. The highest BCUT2D eigenvalue weighted by Gasteiger charge is 2.31. The third-order valence-electron chi connectivity index (χ3n) is 6.48. The number of hydrogen-bond acceptors (Lipinski definition) is 4. The number of aliphatic carboxylic acids is 1. The van der Waals surface area contributed by atoms with Crippen LogP contribution in [0.3, 0.4) is 0 Å². The van der Waals surface area contributed by atoms with Gasteiger partial charge in [-0.3, -0.25) is 9.59 Å². The fourth-order valence-corrected chi connectivity index (χ4v) is 3.99. The van der Waals surface area contributed by atoms with E-state index in [0.717, 1.165) is 11.1 Å². The Labute approximate surface area is 194 Å². The fourth-order valence-electron chi connectivity index (χ4n) is 3.99. The Morgan fingerprint density at radius 3 is 2.18 bits per heavy atom. The highest BCUT2D eigenvalue weighted by molar-refractivity contribution is 5.80. The Hall–Kier alpha value is -3.35. The quantitative estimate of drug-likeness (QED) is 0.498. The average Bonchev–Trinajstić information content (AvgIpc) is 3.13. The van der Waals surface area contributed by atoms with Crippen LogP contribution in [0.4, 0.5) is 4.79 Å². The smallest absolute Gasteiger partial charge is 0.407 e. The fraction of sp³-hybridized carbons (Fsp3) is 0.423. The summed E-state index contributed by atoms with van der Waals surface area (Å²) in [7, 11) is 0. The maximum Gasteiger partial charge on any atom is 0.407 e. The molecule has 33 heavy (non-hydrogen) atoms. The molecule has 0 saturated heterocycles. The van der Waals surface area contributed by atoms with Gasteiger partial charge in [0.25, 0.3) is 0 Å². The van der Waals surface area contributed by atoms with Crippen LogP contribution in [0.25, 0.3) is 11.1 Å². The molecule has 2 aromatic rings. The maximum atomic E-state index is 12.4. The van der Waals surface area contributed by atoms with E-state index < -0.39 is 17.5 Å². The molecule has 2 unspecified atom stereocenters. The van der Waals surface area contributed by atoms with Crippen LogP contribution in [-0.4, -0.2) is 42.3 Å². The van der Waals surface area contributed by atoms with Crippen LogP contribution in [0, 0.1) is 5.41 Å². The van der Waals surface area contributed by atoms with Crippen molar-refractivity contribution < 1.29 is 24.2 Å². The average molecular weight is 453 g/mol. The molecular weight excluding hydrogens is 420 g/mol. The number of carboxylic acid groups (broad SMARTS) is 1. The van der Waals surface area contributed by atoms with Crippen LogP contribution in [0.15, 0.2) is 48.5 Å². The molecule has 0 aromatic heterocycles. The third kappa shape index (κ3) is 5.72. The van der Waals surface area contributed by atoms with E-state index >= 15 is 0 Å². The molecule has 1 aliphatic rings. The second-order valence-corrected chi connectivity index (χ2v) is 8.91. The molecule has 0 fully saturated rings. The van der Waals surface area contributed by atoms with Crippen molar-refractivity contribution in [2.24, 2.45) is 5.41 Å². The lowest BCUT2D eigenvalue weighted by Gasteiger charge is -2.23. The van der Waals surface area contributed by atoms with Gasteiger partial charge in [0, 0.05) is 24.9 Å². The first-order chi connectivity index (χ1) is 15.7. The zero-order chi connectivity index (χ0) is 24.0. The van der Waals surface area contributed by atoms with Crippen LogP contribution < -0.4 is 10.6 Å². The van der Waals surface area contributed by atoms with Gasteiger partial charge in [-0.2, -0.15) is 0 Å². The summed E-state index contributed by atoms with van der Waals surface area (Å²) >= 11 is 0. The Kier molecular flexibility index (Phi) is 7.74. The molecule has 0 radical (unpaired) electrons. The van der Waals surface area contributed by atoms with Gasteiger partial charge in [0.2, 0.25) is 5.91 Å². The minimum Gasteiger partial charge on any atom is -0.481 e. The van der Waals surface area contributed by atoms with Crippen molar-refractivity contribution >= 4 is 18.0 Å². The van der Waals surface area contributed by atoms with Crippen LogP contribution in [-0.2, 0) is 14.3 Å². The molecule has 0 aliphatic heterocycles. The summed E-state index contributed by atoms with van der Waals surface area (Å²) in [6, 6.07) is 16.0. The predicted molar refractivity (Wildman–Crippen MR) is 126 cm³/mol. The molecule has 1 aliphatic carbocycles. The summed E-state index contributed by atoms with van der Waals surface area (Å²) in [5, 5.41) is 14.7. The van der Waals surface area contributed by atoms with Crippen LogP contribution in [0.2, 0.25) is 0 Å². The first-order valence-electron chi connectivity index (χ1n) is 11.4. The molecule has 0 bridgehead atoms. The van der Waals surface area contributed by atoms with E-state index in [-0.39, 0.29) is 37.4 Å². The normalized spacial score (nSPS) is 15.0. The number of carboxylic acids is 1. The first kappa shape index (κ1) is 24.3. The predicted octanol–water partition coefficient (Wildman–Crippen LogP) is 4.31. The monoisotopic (exact) mass is 452 g/mol. The number of amides is 2. The molecule has 0 saturated carbocycles. The van der Waals surface area contributed by atoms with E-state index in [9.17, 15) is 19.5 Å². The van der Waals surface area contributed by atoms with Crippen molar-refractivity contribution in [2.45, 2.75) is 52.0 Å². The highest BCUT2D eigenvalue weighted by Crippen LogP contribution is 2.44. The molecule has 3 N–H and O–H groups in total. The number of hydrogen-bond donors (Lipinski definition) is 3. The van der Waals surface area contributed by atoms with E-state index in [0.29, 0.717) is 12.8 Å². The number of benzene rings is 2. The number of nitrogens with one attached hydrogen (secondary N) is 2. The van der Waals surface area contributed by atoms with Gasteiger partial charge in [-0.05, 0) is 48.9 Å². The van der Waals surface area contributed by atoms with Crippen molar-refractivity contribution in [1.82, 2.24) is 10.6 Å². The molecule has 7 nitrogen and oxygen atoms in total. The van der Waals surface area contributed by atoms with E-state index in [1.54, 1.807) is 13.8 Å². The Morgan fingerprint density at radius 2 is 1.64 bits per heavy atom. The summed E-state index contributed by atoms with van der Waals surface area (Å²) in [6.45, 7) is 5.50. The molecule has 2 amide bonds. The zero-order valence-electron chi connectivity index (χ0n) is 19.4. The number of rotatable bonds is 10. The Balaban J connectivity index is 1.45. The molecule has 7 heteroatoms. The minimum atomic E-state index is -0.985. The highest BCUT2D eigenvalue weighted by atomic mass is 16.5. The van der Waals surface area contributed by atoms with Crippen molar-refractivity contribution in [3.63, 3.8) is 0 Å². The summed E-state index contributed by atoms with van der Waals surface area (Å²) in [5.74, 6) is -1.18. The summed E-state index contributed by atoms with van der Waals surface area (Å²) in [6.07, 6.45) is 0.507. The molecular formula is C26H32N2O5. The molecule has 3 rings (SSSR count). The molecule has 0 heterocycles. The van der Waals surface area contributed by atoms with Crippen LogP contribution >= 0.6 is 0 Å². The van der Waals surface area contributed by atoms with Crippen molar-refractivity contribution in [2.75, 3.05) is 13.2 Å². The van der Waals surface area contributed by atoms with Crippen molar-refractivity contribution in [1.29, 1.82) is 0 Å². The maximum absolute atomic E-state index is 12.4. The molecule has 2 aromatic carbocycles. The van der Waals surface area contributed by atoms with Gasteiger partial charge in [0.15, 0.2) is 0 Å². The van der Waals surface area contributed by atoms with Gasteiger partial charge in [-0.1, -0.05) is 55.5 Å². The van der Waals surface area contributed by atoms with Crippen LogP contribution in [0.1, 0.15) is 57.1 Å². The summed E-state index contributed by atoms with van der Waals surface area (Å²) < 4.78 is 5.53. The Bertz CT molecular complexity index is 976. The second kappa shape index (κ2) is 10.5. The van der Waals surface area contributed by atoms with Gasteiger partial charge >= 0.3 is 12.1 Å². The van der Waals surface area contributed by atoms with Crippen LogP contribution in [0.5, 0.6) is 0 Å². The number of carbonyl (C=O) groups is 3. The van der Waals surface area contributed by atoms with Gasteiger partial charge in [-0.15, -0.1) is 0 Å². The van der Waals surface area contributed by atoms with Gasteiger partial charge in [0.1, 0.15) is 6.61 Å². The topological polar surface area (TPSA) is 105 Å². The number of carbonyl (C=O) groups excluding carboxylic acids is 2. The van der Waals surface area contributed by atoms with Crippen molar-refractivity contribution in [3.05, 3.63) is 59.7 Å². The second-order valence-electron chi connectivity index (χ2n) is 8.91. The Morgan fingerprint density at radius 1 is 1.06 bits per heavy atom. The van der Waals surface area contributed by atoms with E-state index in [1.165, 1.54) is 11.1 Å². The molecule has 176 valence electrons. The number of fused-ring (bicyclic) bond motifs is 3. The largest absolute Gasteiger partial charge is 0.481 e. The summed E-state index contributed by atoms with van der Waals surface area (Å²) in [4.78, 5) is 35.8. The summed E-state index contributed by atoms with van der Waals surface area (Å²) in [5.41, 5.74) is 3.65. The third-order valence-corrected chi connectivity index (χ3v) is 6.48. The van der Waals surface area contributed by atoms with Crippen molar-refractivity contribution in [3.8, 4) is 11.1 Å². The zero-order valence-corrected chi connectivity index (χ0v) is 19.4. The molecule has 2 atom stereocenters. The van der Waals surface area contributed by atoms with Gasteiger partial charge in [0.05, 0.1) is 5.41 Å². The first-order valence-corrected chi connectivity index (χ1v) is 11.4.